The molecule has 3 aromatic rings. The Balaban J connectivity index is 1.62. The van der Waals surface area contributed by atoms with Gasteiger partial charge in [0.15, 0.2) is 11.5 Å². The lowest BCUT2D eigenvalue weighted by molar-refractivity contribution is 0.102. The Morgan fingerprint density at radius 3 is 2.80 bits per heavy atom. The molecule has 0 radical (unpaired) electrons. The van der Waals surface area contributed by atoms with Crippen LogP contribution in [-0.4, -0.2) is 40.0 Å². The van der Waals surface area contributed by atoms with Crippen LogP contribution in [0.1, 0.15) is 23.3 Å². The normalized spacial score (nSPS) is 16.3. The van der Waals surface area contributed by atoms with Crippen molar-refractivity contribution in [1.29, 1.82) is 0 Å². The Kier molecular flexibility index (Phi) is 5.44. The lowest BCUT2D eigenvalue weighted by Gasteiger charge is -2.33. The number of carbonyl (C=O) groups excluding carboxylic acids is 1. The summed E-state index contributed by atoms with van der Waals surface area (Å²) in [6, 6.07) is 9.21. The summed E-state index contributed by atoms with van der Waals surface area (Å²) in [4.78, 5) is 27.9. The first-order chi connectivity index (χ1) is 14.5. The number of pyridine rings is 1. The molecular weight excluding hydrogens is 380 g/mol. The summed E-state index contributed by atoms with van der Waals surface area (Å²) in [7, 11) is 0. The molecule has 154 valence electrons. The fourth-order valence-corrected chi connectivity index (χ4v) is 3.60. The molecule has 7 N–H and O–H groups in total. The first-order valence-electron chi connectivity index (χ1n) is 9.76. The fourth-order valence-electron chi connectivity index (χ4n) is 3.60. The lowest BCUT2D eigenvalue weighted by Crippen LogP contribution is -2.43. The van der Waals surface area contributed by atoms with Crippen molar-refractivity contribution in [1.82, 2.24) is 15.0 Å². The van der Waals surface area contributed by atoms with E-state index in [1.807, 2.05) is 24.3 Å². The molecule has 2 aromatic heterocycles. The lowest BCUT2D eigenvalue weighted by atomic mass is 10.1. The van der Waals surface area contributed by atoms with Crippen LogP contribution in [0, 0.1) is 0 Å². The molecule has 1 aromatic carbocycles. The average molecular weight is 404 g/mol. The second-order valence-corrected chi connectivity index (χ2v) is 7.27. The highest BCUT2D eigenvalue weighted by atomic mass is 16.1. The number of piperidine rings is 1. The number of benzene rings is 1. The van der Waals surface area contributed by atoms with Gasteiger partial charge in [-0.05, 0) is 25.0 Å². The maximum Gasteiger partial charge on any atom is 0.278 e. The van der Waals surface area contributed by atoms with Gasteiger partial charge in [-0.25, -0.2) is 9.97 Å². The molecule has 3 heterocycles. The predicted molar refractivity (Wildman–Crippen MR) is 118 cm³/mol. The van der Waals surface area contributed by atoms with E-state index < -0.39 is 5.91 Å². The molecule has 0 bridgehead atoms. The zero-order chi connectivity index (χ0) is 21.1. The van der Waals surface area contributed by atoms with Crippen molar-refractivity contribution in [2.24, 2.45) is 5.73 Å². The Bertz CT molecular complexity index is 1070. The molecule has 1 fully saturated rings. The molecule has 30 heavy (non-hydrogen) atoms. The van der Waals surface area contributed by atoms with Crippen molar-refractivity contribution >= 4 is 28.8 Å². The van der Waals surface area contributed by atoms with Crippen molar-refractivity contribution < 1.29 is 4.79 Å². The third-order valence-corrected chi connectivity index (χ3v) is 5.10. The summed E-state index contributed by atoms with van der Waals surface area (Å²) in [6.07, 6.45) is 6.79. The minimum atomic E-state index is -0.466. The third-order valence-electron chi connectivity index (χ3n) is 5.10. The minimum absolute atomic E-state index is 0.0286. The molecule has 1 saturated heterocycles. The average Bonchev–Trinajstić information content (AvgIpc) is 2.75. The molecule has 4 rings (SSSR count). The van der Waals surface area contributed by atoms with Gasteiger partial charge in [-0.1, -0.05) is 18.2 Å². The molecule has 0 saturated carbocycles. The Morgan fingerprint density at radius 2 is 2.00 bits per heavy atom. The summed E-state index contributed by atoms with van der Waals surface area (Å²) < 4.78 is 0. The van der Waals surface area contributed by atoms with E-state index in [1.165, 1.54) is 6.20 Å². The summed E-state index contributed by atoms with van der Waals surface area (Å²) in [5.74, 6) is -0.428. The number of nitrogens with one attached hydrogen (secondary N) is 1. The van der Waals surface area contributed by atoms with Gasteiger partial charge in [-0.2, -0.15) is 0 Å². The predicted octanol–water partition coefficient (Wildman–Crippen LogP) is 1.88. The first kappa shape index (κ1) is 19.6. The Hall–Kier alpha value is -3.72. The van der Waals surface area contributed by atoms with Crippen LogP contribution in [0.15, 0.2) is 48.9 Å². The van der Waals surface area contributed by atoms with Crippen molar-refractivity contribution in [2.75, 3.05) is 34.8 Å². The number of nitrogens with two attached hydrogens (primary N) is 3. The first-order valence-corrected chi connectivity index (χ1v) is 9.76. The van der Waals surface area contributed by atoms with Crippen LogP contribution >= 0.6 is 0 Å². The highest BCUT2D eigenvalue weighted by Crippen LogP contribution is 2.29. The van der Waals surface area contributed by atoms with Gasteiger partial charge in [-0.15, -0.1) is 0 Å². The van der Waals surface area contributed by atoms with Gasteiger partial charge in [-0.3, -0.25) is 9.78 Å². The molecule has 1 atom stereocenters. The standard InChI is InChI=1S/C21H24N8O/c22-13-4-3-9-29(12-13)18-7-8-25-10-17(18)28-21(30)19-20(24)26-11-16(27-19)14-5-1-2-6-15(14)23/h1-2,5-8,10-11,13H,3-4,9,12,22-23H2,(H2,24,26)(H,28,30). The van der Waals surface area contributed by atoms with E-state index in [4.69, 9.17) is 17.2 Å². The van der Waals surface area contributed by atoms with E-state index in [1.54, 1.807) is 18.5 Å². The fraction of sp³-hybridized carbons (Fsp3) is 0.238. The molecule has 1 aliphatic heterocycles. The SMILES string of the molecule is Nc1ccccc1-c1cnc(N)c(C(=O)Nc2cnccc2N2CCCC(N)C2)n1. The highest BCUT2D eigenvalue weighted by Gasteiger charge is 2.22. The summed E-state index contributed by atoms with van der Waals surface area (Å²) >= 11 is 0. The Labute approximate surface area is 174 Å². The number of para-hydroxylation sites is 1. The largest absolute Gasteiger partial charge is 0.398 e. The van der Waals surface area contributed by atoms with Crippen molar-refractivity contribution in [3.63, 3.8) is 0 Å². The van der Waals surface area contributed by atoms with Crippen LogP contribution in [-0.2, 0) is 0 Å². The maximum atomic E-state index is 13.0. The molecule has 9 nitrogen and oxygen atoms in total. The molecule has 1 unspecified atom stereocenters. The maximum absolute atomic E-state index is 13.0. The van der Waals surface area contributed by atoms with Crippen LogP contribution in [0.4, 0.5) is 22.9 Å². The van der Waals surface area contributed by atoms with Gasteiger partial charge in [0.25, 0.3) is 5.91 Å². The number of carbonyl (C=O) groups is 1. The Morgan fingerprint density at radius 1 is 1.17 bits per heavy atom. The van der Waals surface area contributed by atoms with E-state index >= 15 is 0 Å². The molecule has 0 spiro atoms. The quantitative estimate of drug-likeness (QED) is 0.482. The summed E-state index contributed by atoms with van der Waals surface area (Å²) in [5.41, 5.74) is 21.3. The number of amides is 1. The number of nitrogen functional groups attached to an aromatic ring is 2. The van der Waals surface area contributed by atoms with E-state index in [2.05, 4.69) is 25.2 Å². The highest BCUT2D eigenvalue weighted by molar-refractivity contribution is 6.07. The number of hydrogen-bond acceptors (Lipinski definition) is 8. The topological polar surface area (TPSA) is 149 Å². The zero-order valence-corrected chi connectivity index (χ0v) is 16.5. The third kappa shape index (κ3) is 4.01. The van der Waals surface area contributed by atoms with Gasteiger partial charge >= 0.3 is 0 Å². The monoisotopic (exact) mass is 404 g/mol. The van der Waals surface area contributed by atoms with Gasteiger partial charge in [0.1, 0.15) is 0 Å². The number of rotatable bonds is 4. The second-order valence-electron chi connectivity index (χ2n) is 7.27. The summed E-state index contributed by atoms with van der Waals surface area (Å²) in [6.45, 7) is 1.59. The van der Waals surface area contributed by atoms with Crippen LogP contribution in [0.5, 0.6) is 0 Å². The number of anilines is 4. The molecule has 1 amide bonds. The van der Waals surface area contributed by atoms with Gasteiger partial charge in [0.2, 0.25) is 0 Å². The van der Waals surface area contributed by atoms with E-state index in [0.29, 0.717) is 22.6 Å². The van der Waals surface area contributed by atoms with E-state index in [-0.39, 0.29) is 17.6 Å². The van der Waals surface area contributed by atoms with Crippen molar-refractivity contribution in [3.05, 3.63) is 54.6 Å². The van der Waals surface area contributed by atoms with Crippen LogP contribution < -0.4 is 27.4 Å². The van der Waals surface area contributed by atoms with Gasteiger partial charge in [0.05, 0.1) is 29.5 Å². The number of hydrogen-bond donors (Lipinski definition) is 4. The zero-order valence-electron chi connectivity index (χ0n) is 16.5. The molecule has 1 aliphatic rings. The molecular formula is C21H24N8O. The van der Waals surface area contributed by atoms with Gasteiger partial charge < -0.3 is 27.4 Å². The minimum Gasteiger partial charge on any atom is -0.398 e. The van der Waals surface area contributed by atoms with Gasteiger partial charge in [0, 0.05) is 36.6 Å². The van der Waals surface area contributed by atoms with Crippen LogP contribution in [0.25, 0.3) is 11.3 Å². The van der Waals surface area contributed by atoms with Crippen molar-refractivity contribution in [2.45, 2.75) is 18.9 Å². The van der Waals surface area contributed by atoms with E-state index in [9.17, 15) is 4.79 Å². The summed E-state index contributed by atoms with van der Waals surface area (Å²) in [5, 5.41) is 2.88. The van der Waals surface area contributed by atoms with Crippen LogP contribution in [0.3, 0.4) is 0 Å². The molecule has 0 aliphatic carbocycles. The number of aromatic nitrogens is 3. The van der Waals surface area contributed by atoms with Crippen LogP contribution in [0.2, 0.25) is 0 Å². The molecule has 9 heteroatoms. The second kappa shape index (κ2) is 8.34. The van der Waals surface area contributed by atoms with E-state index in [0.717, 1.165) is 31.6 Å². The number of nitrogens with zero attached hydrogens (tertiary/aromatic N) is 4. The van der Waals surface area contributed by atoms with Crippen molar-refractivity contribution in [3.8, 4) is 11.3 Å². The smallest absolute Gasteiger partial charge is 0.278 e.